The number of nitrogens with one attached hydrogen (secondary N) is 2. The molecule has 0 saturated carbocycles. The summed E-state index contributed by atoms with van der Waals surface area (Å²) in [5, 5.41) is 3.32. The summed E-state index contributed by atoms with van der Waals surface area (Å²) < 4.78 is 28.5. The number of nitrogens with zero attached hydrogens (tertiary/aromatic N) is 1. The fraction of sp³-hybridized carbons (Fsp3) is 0.571. The van der Waals surface area contributed by atoms with Gasteiger partial charge in [-0.15, -0.1) is 0 Å². The lowest BCUT2D eigenvalue weighted by atomic mass is 10.2. The van der Waals surface area contributed by atoms with Crippen LogP contribution in [0.4, 0.5) is 5.69 Å². The van der Waals surface area contributed by atoms with Gasteiger partial charge in [-0.2, -0.15) is 12.7 Å². The zero-order valence-electron chi connectivity index (χ0n) is 12.1. The van der Waals surface area contributed by atoms with Crippen molar-refractivity contribution in [1.82, 2.24) is 9.62 Å². The topological polar surface area (TPSA) is 61.4 Å². The molecule has 112 valence electrons. The Hall–Kier alpha value is -1.11. The predicted octanol–water partition coefficient (Wildman–Crippen LogP) is 1.94. The highest BCUT2D eigenvalue weighted by Crippen LogP contribution is 2.17. The van der Waals surface area contributed by atoms with E-state index < -0.39 is 10.2 Å². The summed E-state index contributed by atoms with van der Waals surface area (Å²) >= 11 is 0. The lowest BCUT2D eigenvalue weighted by molar-refractivity contribution is 0.482. The first-order valence-corrected chi connectivity index (χ1v) is 8.51. The molecule has 0 atom stereocenters. The highest BCUT2D eigenvalue weighted by molar-refractivity contribution is 7.90. The van der Waals surface area contributed by atoms with Gasteiger partial charge in [-0.1, -0.05) is 26.0 Å². The molecule has 1 heterocycles. The van der Waals surface area contributed by atoms with Crippen molar-refractivity contribution in [2.75, 3.05) is 17.8 Å². The van der Waals surface area contributed by atoms with Crippen molar-refractivity contribution in [3.63, 3.8) is 0 Å². The van der Waals surface area contributed by atoms with Crippen LogP contribution in [0.5, 0.6) is 0 Å². The van der Waals surface area contributed by atoms with E-state index in [0.717, 1.165) is 24.9 Å². The minimum Gasteiger partial charge on any atom is -0.310 e. The molecule has 0 aliphatic carbocycles. The molecule has 0 amide bonds. The molecule has 1 fully saturated rings. The van der Waals surface area contributed by atoms with Gasteiger partial charge in [0.25, 0.3) is 0 Å². The van der Waals surface area contributed by atoms with Gasteiger partial charge in [0.05, 0.1) is 5.69 Å². The smallest absolute Gasteiger partial charge is 0.301 e. The van der Waals surface area contributed by atoms with Gasteiger partial charge in [-0.25, -0.2) is 0 Å². The van der Waals surface area contributed by atoms with E-state index in [1.165, 1.54) is 4.31 Å². The number of rotatable bonds is 6. The molecule has 1 aliphatic heterocycles. The number of hydrogen-bond donors (Lipinski definition) is 2. The van der Waals surface area contributed by atoms with Gasteiger partial charge < -0.3 is 5.32 Å². The van der Waals surface area contributed by atoms with Crippen molar-refractivity contribution in [2.45, 2.75) is 39.3 Å². The van der Waals surface area contributed by atoms with Gasteiger partial charge in [0.15, 0.2) is 0 Å². The highest BCUT2D eigenvalue weighted by Gasteiger charge is 2.24. The second-order valence-corrected chi connectivity index (χ2v) is 7.12. The van der Waals surface area contributed by atoms with Gasteiger partial charge in [-0.05, 0) is 30.5 Å². The van der Waals surface area contributed by atoms with Crippen LogP contribution in [0.25, 0.3) is 0 Å². The normalized spacial score (nSPS) is 16.8. The van der Waals surface area contributed by atoms with Crippen LogP contribution in [0.2, 0.25) is 0 Å². The molecule has 0 spiro atoms. The molecule has 5 nitrogen and oxygen atoms in total. The summed E-state index contributed by atoms with van der Waals surface area (Å²) in [5.74, 6) is 0. The molecule has 2 N–H and O–H groups in total. The molecule has 1 aromatic carbocycles. The fourth-order valence-corrected chi connectivity index (χ4v) is 3.50. The molecule has 0 bridgehead atoms. The molecule has 0 radical (unpaired) electrons. The van der Waals surface area contributed by atoms with E-state index >= 15 is 0 Å². The van der Waals surface area contributed by atoms with Crippen LogP contribution in [0.1, 0.15) is 32.3 Å². The van der Waals surface area contributed by atoms with Crippen molar-refractivity contribution >= 4 is 15.9 Å². The molecule has 2 rings (SSSR count). The summed E-state index contributed by atoms with van der Waals surface area (Å²) in [6.45, 7) is 6.13. The maximum atomic E-state index is 12.2. The molecule has 20 heavy (non-hydrogen) atoms. The van der Waals surface area contributed by atoms with E-state index in [1.807, 2.05) is 18.2 Å². The maximum Gasteiger partial charge on any atom is 0.301 e. The zero-order chi connectivity index (χ0) is 14.6. The summed E-state index contributed by atoms with van der Waals surface area (Å²) in [4.78, 5) is 0. The Morgan fingerprint density at radius 2 is 1.95 bits per heavy atom. The first kappa shape index (κ1) is 15.3. The molecular weight excluding hydrogens is 274 g/mol. The molecule has 1 aliphatic rings. The van der Waals surface area contributed by atoms with E-state index in [9.17, 15) is 8.42 Å². The summed E-state index contributed by atoms with van der Waals surface area (Å²) in [7, 11) is -3.40. The third kappa shape index (κ3) is 4.19. The lowest BCUT2D eigenvalue weighted by Crippen LogP contribution is -2.33. The monoisotopic (exact) mass is 297 g/mol. The van der Waals surface area contributed by atoms with E-state index in [-0.39, 0.29) is 0 Å². The van der Waals surface area contributed by atoms with Crippen molar-refractivity contribution < 1.29 is 8.42 Å². The molecule has 0 aromatic heterocycles. The van der Waals surface area contributed by atoms with Crippen molar-refractivity contribution in [2.24, 2.45) is 0 Å². The van der Waals surface area contributed by atoms with Crippen molar-refractivity contribution in [1.29, 1.82) is 0 Å². The number of hydrogen-bond acceptors (Lipinski definition) is 3. The van der Waals surface area contributed by atoms with E-state index in [1.54, 1.807) is 6.07 Å². The van der Waals surface area contributed by atoms with Gasteiger partial charge in [0, 0.05) is 25.7 Å². The summed E-state index contributed by atoms with van der Waals surface area (Å²) in [5.41, 5.74) is 1.69. The second kappa shape index (κ2) is 6.56. The SMILES string of the molecule is CC(C)NCc1cccc(NS(=O)(=O)N2CCCC2)c1. The van der Waals surface area contributed by atoms with Crippen LogP contribution >= 0.6 is 0 Å². The summed E-state index contributed by atoms with van der Waals surface area (Å²) in [6.07, 6.45) is 1.89. The van der Waals surface area contributed by atoms with Gasteiger partial charge in [0.2, 0.25) is 0 Å². The third-order valence-corrected chi connectivity index (χ3v) is 4.83. The minimum atomic E-state index is -3.40. The molecule has 6 heteroatoms. The second-order valence-electron chi connectivity index (χ2n) is 5.45. The number of benzene rings is 1. The zero-order valence-corrected chi connectivity index (χ0v) is 12.9. The Kier molecular flexibility index (Phi) is 5.01. The van der Waals surface area contributed by atoms with Crippen LogP contribution in [0, 0.1) is 0 Å². The Labute approximate surface area is 121 Å². The Bertz CT molecular complexity index is 537. The van der Waals surface area contributed by atoms with Crippen LogP contribution < -0.4 is 10.0 Å². The van der Waals surface area contributed by atoms with E-state index in [0.29, 0.717) is 24.8 Å². The summed E-state index contributed by atoms with van der Waals surface area (Å²) in [6, 6.07) is 7.93. The molecular formula is C14H23N3O2S. The van der Waals surface area contributed by atoms with Gasteiger partial charge in [0.1, 0.15) is 0 Å². The number of anilines is 1. The van der Waals surface area contributed by atoms with Gasteiger partial charge in [-0.3, -0.25) is 4.72 Å². The fourth-order valence-electron chi connectivity index (χ4n) is 2.21. The Balaban J connectivity index is 2.03. The average molecular weight is 297 g/mol. The first-order chi connectivity index (χ1) is 9.47. The largest absolute Gasteiger partial charge is 0.310 e. The van der Waals surface area contributed by atoms with Crippen LogP contribution in [0.3, 0.4) is 0 Å². The quantitative estimate of drug-likeness (QED) is 0.843. The predicted molar refractivity (Wildman–Crippen MR) is 81.8 cm³/mol. The van der Waals surface area contributed by atoms with Crippen molar-refractivity contribution in [3.8, 4) is 0 Å². The lowest BCUT2D eigenvalue weighted by Gasteiger charge is -2.17. The van der Waals surface area contributed by atoms with Crippen LogP contribution in [-0.2, 0) is 16.8 Å². The average Bonchev–Trinajstić information content (AvgIpc) is 2.91. The highest BCUT2D eigenvalue weighted by atomic mass is 32.2. The molecule has 1 aromatic rings. The Morgan fingerprint density at radius 3 is 2.60 bits per heavy atom. The Morgan fingerprint density at radius 1 is 1.25 bits per heavy atom. The van der Waals surface area contributed by atoms with Gasteiger partial charge >= 0.3 is 10.2 Å². The van der Waals surface area contributed by atoms with E-state index in [4.69, 9.17) is 0 Å². The van der Waals surface area contributed by atoms with E-state index in [2.05, 4.69) is 23.9 Å². The molecule has 0 unspecified atom stereocenters. The van der Waals surface area contributed by atoms with Crippen molar-refractivity contribution in [3.05, 3.63) is 29.8 Å². The third-order valence-electron chi connectivity index (χ3n) is 3.29. The molecule has 1 saturated heterocycles. The standard InChI is InChI=1S/C14H23N3O2S/c1-12(2)15-11-13-6-5-7-14(10-13)16-20(18,19)17-8-3-4-9-17/h5-7,10,12,15-16H,3-4,8-9,11H2,1-2H3. The minimum absolute atomic E-state index is 0.403. The van der Waals surface area contributed by atoms with Crippen LogP contribution in [0.15, 0.2) is 24.3 Å². The maximum absolute atomic E-state index is 12.2. The van der Waals surface area contributed by atoms with Crippen LogP contribution in [-0.4, -0.2) is 31.9 Å². The first-order valence-electron chi connectivity index (χ1n) is 7.07.